The summed E-state index contributed by atoms with van der Waals surface area (Å²) in [6.45, 7) is 8.56. The van der Waals surface area contributed by atoms with Crippen molar-refractivity contribution in [2.24, 2.45) is 5.41 Å². The summed E-state index contributed by atoms with van der Waals surface area (Å²) in [5.74, 6) is -1.02. The van der Waals surface area contributed by atoms with Crippen molar-refractivity contribution in [3.63, 3.8) is 0 Å². The number of amides is 1. The first-order valence-corrected chi connectivity index (χ1v) is 6.91. The topological polar surface area (TPSA) is 95.9 Å². The fourth-order valence-electron chi connectivity index (χ4n) is 2.13. The Balaban J connectivity index is 4.80. The SMILES string of the molecule is CCCC(CNC(=O)OC(C)(C)C)(CC(C)O)C(=O)O. The first-order valence-electron chi connectivity index (χ1n) is 6.91. The number of carboxylic acids is 1. The Bertz CT molecular complexity index is 335. The molecule has 0 heterocycles. The highest BCUT2D eigenvalue weighted by Crippen LogP contribution is 2.30. The fraction of sp³-hybridized carbons (Fsp3) is 0.857. The number of carbonyl (C=O) groups excluding carboxylic acids is 1. The number of carbonyl (C=O) groups is 2. The van der Waals surface area contributed by atoms with Gasteiger partial charge in [-0.1, -0.05) is 13.3 Å². The summed E-state index contributed by atoms with van der Waals surface area (Å²) in [7, 11) is 0. The minimum atomic E-state index is -1.17. The Hall–Kier alpha value is -1.30. The van der Waals surface area contributed by atoms with Gasteiger partial charge in [0.25, 0.3) is 0 Å². The summed E-state index contributed by atoms with van der Waals surface area (Å²) in [5.41, 5.74) is -1.80. The summed E-state index contributed by atoms with van der Waals surface area (Å²) in [6, 6.07) is 0. The van der Waals surface area contributed by atoms with Crippen LogP contribution in [-0.4, -0.2) is 40.5 Å². The first kappa shape index (κ1) is 18.7. The number of aliphatic carboxylic acids is 1. The third-order valence-electron chi connectivity index (χ3n) is 2.84. The molecule has 0 aromatic carbocycles. The second-order valence-electron chi connectivity index (χ2n) is 6.24. The Morgan fingerprint density at radius 3 is 2.20 bits per heavy atom. The van der Waals surface area contributed by atoms with E-state index in [1.807, 2.05) is 6.92 Å². The monoisotopic (exact) mass is 289 g/mol. The van der Waals surface area contributed by atoms with Crippen molar-refractivity contribution in [3.8, 4) is 0 Å². The molecule has 0 saturated carbocycles. The van der Waals surface area contributed by atoms with Crippen LogP contribution in [0.5, 0.6) is 0 Å². The van der Waals surface area contributed by atoms with Crippen molar-refractivity contribution in [2.45, 2.75) is 65.6 Å². The number of hydrogen-bond donors (Lipinski definition) is 3. The number of hydrogen-bond acceptors (Lipinski definition) is 4. The highest BCUT2D eigenvalue weighted by Gasteiger charge is 2.39. The molecule has 0 aliphatic rings. The molecule has 20 heavy (non-hydrogen) atoms. The highest BCUT2D eigenvalue weighted by atomic mass is 16.6. The van der Waals surface area contributed by atoms with Crippen molar-refractivity contribution >= 4 is 12.1 Å². The molecule has 118 valence electrons. The van der Waals surface area contributed by atoms with Gasteiger partial charge in [-0.15, -0.1) is 0 Å². The van der Waals surface area contributed by atoms with E-state index in [1.54, 1.807) is 27.7 Å². The van der Waals surface area contributed by atoms with Crippen LogP contribution in [0.2, 0.25) is 0 Å². The predicted octanol–water partition coefficient (Wildman–Crippen LogP) is 2.15. The molecule has 0 rings (SSSR count). The molecule has 0 bridgehead atoms. The molecule has 1 amide bonds. The lowest BCUT2D eigenvalue weighted by Crippen LogP contribution is -2.46. The van der Waals surface area contributed by atoms with Gasteiger partial charge < -0.3 is 20.3 Å². The van der Waals surface area contributed by atoms with E-state index in [-0.39, 0.29) is 13.0 Å². The van der Waals surface area contributed by atoms with Gasteiger partial charge in [-0.25, -0.2) is 4.79 Å². The standard InChI is InChI=1S/C14H27NO5/c1-6-7-14(11(17)18,8-10(2)16)9-15-12(19)20-13(3,4)5/h10,16H,6-9H2,1-5H3,(H,15,19)(H,17,18). The smallest absolute Gasteiger partial charge is 0.407 e. The van der Waals surface area contributed by atoms with E-state index in [0.717, 1.165) is 0 Å². The molecule has 0 spiro atoms. The van der Waals surface area contributed by atoms with Crippen molar-refractivity contribution in [1.82, 2.24) is 5.32 Å². The van der Waals surface area contributed by atoms with Crippen LogP contribution in [0.1, 0.15) is 53.9 Å². The van der Waals surface area contributed by atoms with Crippen molar-refractivity contribution in [2.75, 3.05) is 6.54 Å². The number of aliphatic hydroxyl groups excluding tert-OH is 1. The number of aliphatic hydroxyl groups is 1. The van der Waals surface area contributed by atoms with E-state index < -0.39 is 29.2 Å². The summed E-state index contributed by atoms with van der Waals surface area (Å²) >= 11 is 0. The van der Waals surface area contributed by atoms with E-state index in [1.165, 1.54) is 0 Å². The zero-order valence-electron chi connectivity index (χ0n) is 13.0. The first-order chi connectivity index (χ1) is 9.02. The van der Waals surface area contributed by atoms with Crippen LogP contribution < -0.4 is 5.32 Å². The summed E-state index contributed by atoms with van der Waals surface area (Å²) < 4.78 is 5.09. The van der Waals surface area contributed by atoms with Gasteiger partial charge in [-0.2, -0.15) is 0 Å². The molecule has 0 aromatic heterocycles. The summed E-state index contributed by atoms with van der Waals surface area (Å²) in [5, 5.41) is 21.5. The van der Waals surface area contributed by atoms with Crippen LogP contribution in [0, 0.1) is 5.41 Å². The quantitative estimate of drug-likeness (QED) is 0.667. The van der Waals surface area contributed by atoms with Gasteiger partial charge in [-0.3, -0.25) is 4.79 Å². The Morgan fingerprint density at radius 2 is 1.85 bits per heavy atom. The Labute approximate surface area is 120 Å². The van der Waals surface area contributed by atoms with E-state index in [4.69, 9.17) is 4.74 Å². The summed E-state index contributed by atoms with van der Waals surface area (Å²) in [4.78, 5) is 23.2. The van der Waals surface area contributed by atoms with E-state index >= 15 is 0 Å². The Morgan fingerprint density at radius 1 is 1.30 bits per heavy atom. The molecule has 6 nitrogen and oxygen atoms in total. The van der Waals surface area contributed by atoms with Gasteiger partial charge in [0.15, 0.2) is 0 Å². The minimum absolute atomic E-state index is 0.0595. The van der Waals surface area contributed by atoms with E-state index in [2.05, 4.69) is 5.32 Å². The zero-order chi connectivity index (χ0) is 16.0. The average Bonchev–Trinajstić information content (AvgIpc) is 2.22. The van der Waals surface area contributed by atoms with Crippen LogP contribution in [-0.2, 0) is 9.53 Å². The van der Waals surface area contributed by atoms with Gasteiger partial charge in [0.2, 0.25) is 0 Å². The molecular formula is C14H27NO5. The lowest BCUT2D eigenvalue weighted by molar-refractivity contribution is -0.151. The number of carboxylic acid groups (broad SMARTS) is 1. The number of ether oxygens (including phenoxy) is 1. The van der Waals surface area contributed by atoms with E-state index in [0.29, 0.717) is 12.8 Å². The number of alkyl carbamates (subject to hydrolysis) is 1. The van der Waals surface area contributed by atoms with Crippen LogP contribution in [0.3, 0.4) is 0 Å². The van der Waals surface area contributed by atoms with Crippen LogP contribution in [0.4, 0.5) is 4.79 Å². The second kappa shape index (κ2) is 7.47. The Kier molecular flexibility index (Phi) is 6.99. The summed E-state index contributed by atoms with van der Waals surface area (Å²) in [6.07, 6.45) is -0.285. The fourth-order valence-corrected chi connectivity index (χ4v) is 2.13. The largest absolute Gasteiger partial charge is 0.481 e. The lowest BCUT2D eigenvalue weighted by Gasteiger charge is -2.31. The molecule has 0 aliphatic heterocycles. The molecule has 2 unspecified atom stereocenters. The van der Waals surface area contributed by atoms with Gasteiger partial charge in [0, 0.05) is 6.54 Å². The third-order valence-corrected chi connectivity index (χ3v) is 2.84. The zero-order valence-corrected chi connectivity index (χ0v) is 13.0. The number of rotatable bonds is 7. The van der Waals surface area contributed by atoms with Crippen LogP contribution in [0.25, 0.3) is 0 Å². The van der Waals surface area contributed by atoms with Gasteiger partial charge in [-0.05, 0) is 40.5 Å². The lowest BCUT2D eigenvalue weighted by atomic mass is 9.78. The molecule has 0 aliphatic carbocycles. The predicted molar refractivity (Wildman–Crippen MR) is 75.5 cm³/mol. The van der Waals surface area contributed by atoms with Crippen LogP contribution in [0.15, 0.2) is 0 Å². The van der Waals surface area contributed by atoms with Gasteiger partial charge >= 0.3 is 12.1 Å². The van der Waals surface area contributed by atoms with E-state index in [9.17, 15) is 19.8 Å². The molecule has 6 heteroatoms. The molecular weight excluding hydrogens is 262 g/mol. The minimum Gasteiger partial charge on any atom is -0.481 e. The average molecular weight is 289 g/mol. The molecule has 2 atom stereocenters. The third kappa shape index (κ3) is 6.75. The number of nitrogens with one attached hydrogen (secondary N) is 1. The van der Waals surface area contributed by atoms with Gasteiger partial charge in [0.05, 0.1) is 11.5 Å². The maximum Gasteiger partial charge on any atom is 0.407 e. The molecule has 0 aromatic rings. The molecule has 3 N–H and O–H groups in total. The molecule has 0 saturated heterocycles. The van der Waals surface area contributed by atoms with Gasteiger partial charge in [0.1, 0.15) is 5.60 Å². The maximum absolute atomic E-state index is 11.6. The molecule has 0 fully saturated rings. The van der Waals surface area contributed by atoms with Crippen molar-refractivity contribution < 1.29 is 24.5 Å². The highest BCUT2D eigenvalue weighted by molar-refractivity contribution is 5.76. The normalized spacial score (nSPS) is 16.1. The second-order valence-corrected chi connectivity index (χ2v) is 6.24. The maximum atomic E-state index is 11.6. The van der Waals surface area contributed by atoms with Crippen molar-refractivity contribution in [1.29, 1.82) is 0 Å². The molecule has 0 radical (unpaired) electrons. The van der Waals surface area contributed by atoms with Crippen LogP contribution >= 0.6 is 0 Å². The van der Waals surface area contributed by atoms with Crippen molar-refractivity contribution in [3.05, 3.63) is 0 Å².